The van der Waals surface area contributed by atoms with Crippen LogP contribution in [0.5, 0.6) is 0 Å². The molecule has 0 aromatic rings. The lowest BCUT2D eigenvalue weighted by atomic mass is 9.78. The highest BCUT2D eigenvalue weighted by atomic mass is 16.5. The lowest BCUT2D eigenvalue weighted by Crippen LogP contribution is -2.38. The van der Waals surface area contributed by atoms with Gasteiger partial charge in [-0.25, -0.2) is 0 Å². The molecule has 0 aliphatic heterocycles. The van der Waals surface area contributed by atoms with E-state index in [1.54, 1.807) is 21.3 Å². The third kappa shape index (κ3) is 14.8. The van der Waals surface area contributed by atoms with Gasteiger partial charge in [-0.2, -0.15) is 0 Å². The average molecular weight is 380 g/mol. The number of ether oxygens (including phenoxy) is 6. The zero-order valence-corrected chi connectivity index (χ0v) is 17.3. The Bertz CT molecular complexity index is 245. The minimum atomic E-state index is 0.0865. The molecule has 7 nitrogen and oxygen atoms in total. The Morgan fingerprint density at radius 3 is 1.27 bits per heavy atom. The van der Waals surface area contributed by atoms with E-state index in [0.29, 0.717) is 59.5 Å². The molecular formula is C19H41NO6. The summed E-state index contributed by atoms with van der Waals surface area (Å²) in [4.78, 5) is 0. The van der Waals surface area contributed by atoms with Crippen molar-refractivity contribution >= 4 is 0 Å². The molecule has 0 aliphatic carbocycles. The van der Waals surface area contributed by atoms with Crippen LogP contribution in [0.15, 0.2) is 0 Å². The van der Waals surface area contributed by atoms with Gasteiger partial charge in [0.05, 0.1) is 39.6 Å². The Kier molecular flexibility index (Phi) is 19.3. The topological polar surface area (TPSA) is 67.4 Å². The normalized spacial score (nSPS) is 12.0. The molecule has 0 heterocycles. The Morgan fingerprint density at radius 1 is 0.577 bits per heavy atom. The van der Waals surface area contributed by atoms with E-state index < -0.39 is 0 Å². The van der Waals surface area contributed by atoms with Crippen molar-refractivity contribution in [2.45, 2.75) is 26.2 Å². The second-order valence-electron chi connectivity index (χ2n) is 6.35. The summed E-state index contributed by atoms with van der Waals surface area (Å²) in [7, 11) is 5.06. The molecule has 0 bridgehead atoms. The Morgan fingerprint density at radius 2 is 0.962 bits per heavy atom. The molecule has 0 aliphatic rings. The van der Waals surface area contributed by atoms with Crippen molar-refractivity contribution < 1.29 is 28.4 Å². The van der Waals surface area contributed by atoms with Crippen LogP contribution in [0.25, 0.3) is 0 Å². The molecule has 0 saturated heterocycles. The van der Waals surface area contributed by atoms with Crippen LogP contribution >= 0.6 is 0 Å². The number of hydrogen-bond acceptors (Lipinski definition) is 7. The summed E-state index contributed by atoms with van der Waals surface area (Å²) in [6.07, 6.45) is 2.89. The lowest BCUT2D eigenvalue weighted by molar-refractivity contribution is 0.00637. The largest absolute Gasteiger partial charge is 0.382 e. The first-order chi connectivity index (χ1) is 12.7. The van der Waals surface area contributed by atoms with E-state index in [4.69, 9.17) is 28.4 Å². The van der Waals surface area contributed by atoms with Crippen molar-refractivity contribution in [1.29, 1.82) is 0 Å². The van der Waals surface area contributed by atoms with Gasteiger partial charge in [0.2, 0.25) is 0 Å². The zero-order valence-electron chi connectivity index (χ0n) is 17.3. The predicted octanol–water partition coefficient (Wildman–Crippen LogP) is 1.74. The standard InChI is InChI=1S/C19H41NO6/c1-5-20-18-19(6-9-24-15-12-21-2,7-10-25-16-13-22-3)8-11-26-17-14-23-4/h20H,5-18H2,1-4H3. The molecule has 0 rings (SSSR count). The molecule has 0 amide bonds. The molecule has 158 valence electrons. The molecule has 0 atom stereocenters. The van der Waals surface area contributed by atoms with E-state index >= 15 is 0 Å². The second-order valence-corrected chi connectivity index (χ2v) is 6.35. The van der Waals surface area contributed by atoms with Crippen LogP contribution in [0.4, 0.5) is 0 Å². The van der Waals surface area contributed by atoms with Crippen LogP contribution in [0, 0.1) is 5.41 Å². The SMILES string of the molecule is CCNCC(CCOCCOC)(CCOCCOC)CCOCCOC. The molecule has 7 heteroatoms. The Balaban J connectivity index is 4.52. The van der Waals surface area contributed by atoms with E-state index in [-0.39, 0.29) is 5.41 Å². The summed E-state index contributed by atoms with van der Waals surface area (Å²) in [5.41, 5.74) is 0.0865. The second kappa shape index (κ2) is 19.5. The molecule has 1 N–H and O–H groups in total. The van der Waals surface area contributed by atoms with E-state index in [9.17, 15) is 0 Å². The van der Waals surface area contributed by atoms with Gasteiger partial charge in [-0.05, 0) is 31.2 Å². The van der Waals surface area contributed by atoms with Crippen molar-refractivity contribution in [2.24, 2.45) is 5.41 Å². The van der Waals surface area contributed by atoms with E-state index in [1.807, 2.05) is 0 Å². The summed E-state index contributed by atoms with van der Waals surface area (Å²) in [5, 5.41) is 3.50. The maximum atomic E-state index is 5.72. The quantitative estimate of drug-likeness (QED) is 0.305. The summed E-state index contributed by atoms with van der Waals surface area (Å²) in [6.45, 7) is 9.90. The van der Waals surface area contributed by atoms with Gasteiger partial charge in [-0.1, -0.05) is 6.92 Å². The highest BCUT2D eigenvalue weighted by Crippen LogP contribution is 2.31. The highest BCUT2D eigenvalue weighted by molar-refractivity contribution is 4.82. The summed E-state index contributed by atoms with van der Waals surface area (Å²) in [5.74, 6) is 0. The first-order valence-electron chi connectivity index (χ1n) is 9.65. The Labute approximate surface area is 160 Å². The molecule has 26 heavy (non-hydrogen) atoms. The van der Waals surface area contributed by atoms with Crippen LogP contribution in [-0.2, 0) is 28.4 Å². The van der Waals surface area contributed by atoms with Crippen molar-refractivity contribution in [2.75, 3.05) is 93.9 Å². The molecule has 0 aromatic carbocycles. The predicted molar refractivity (Wildman–Crippen MR) is 103 cm³/mol. The molecule has 0 radical (unpaired) electrons. The van der Waals surface area contributed by atoms with Crippen LogP contribution in [0.2, 0.25) is 0 Å². The molecular weight excluding hydrogens is 338 g/mol. The summed E-state index contributed by atoms with van der Waals surface area (Å²) >= 11 is 0. The van der Waals surface area contributed by atoms with Crippen LogP contribution in [0.3, 0.4) is 0 Å². The maximum Gasteiger partial charge on any atom is 0.0700 e. The minimum absolute atomic E-state index is 0.0865. The van der Waals surface area contributed by atoms with Gasteiger partial charge >= 0.3 is 0 Å². The van der Waals surface area contributed by atoms with E-state index in [0.717, 1.165) is 32.4 Å². The number of nitrogens with one attached hydrogen (secondary N) is 1. The molecule has 0 unspecified atom stereocenters. The van der Waals surface area contributed by atoms with Crippen molar-refractivity contribution in [3.8, 4) is 0 Å². The highest BCUT2D eigenvalue weighted by Gasteiger charge is 2.29. The molecule has 0 spiro atoms. The van der Waals surface area contributed by atoms with Crippen LogP contribution in [0.1, 0.15) is 26.2 Å². The molecule has 0 aromatic heterocycles. The third-order valence-corrected chi connectivity index (χ3v) is 4.38. The fourth-order valence-corrected chi connectivity index (χ4v) is 2.63. The smallest absolute Gasteiger partial charge is 0.0700 e. The summed E-state index contributed by atoms with van der Waals surface area (Å²) in [6, 6.07) is 0. The minimum Gasteiger partial charge on any atom is -0.382 e. The van der Waals surface area contributed by atoms with Gasteiger partial charge in [0, 0.05) is 47.7 Å². The monoisotopic (exact) mass is 379 g/mol. The average Bonchev–Trinajstić information content (AvgIpc) is 2.65. The lowest BCUT2D eigenvalue weighted by Gasteiger charge is -2.34. The van der Waals surface area contributed by atoms with Gasteiger partial charge in [-0.15, -0.1) is 0 Å². The fourth-order valence-electron chi connectivity index (χ4n) is 2.63. The van der Waals surface area contributed by atoms with Gasteiger partial charge in [0.1, 0.15) is 0 Å². The van der Waals surface area contributed by atoms with Crippen LogP contribution < -0.4 is 5.32 Å². The fraction of sp³-hybridized carbons (Fsp3) is 1.00. The van der Waals surface area contributed by atoms with E-state index in [1.165, 1.54) is 0 Å². The van der Waals surface area contributed by atoms with Crippen molar-refractivity contribution in [3.63, 3.8) is 0 Å². The molecule has 0 fully saturated rings. The van der Waals surface area contributed by atoms with Gasteiger partial charge in [-0.3, -0.25) is 0 Å². The first kappa shape index (κ1) is 25.7. The van der Waals surface area contributed by atoms with Gasteiger partial charge in [0.25, 0.3) is 0 Å². The number of hydrogen-bond donors (Lipinski definition) is 1. The third-order valence-electron chi connectivity index (χ3n) is 4.38. The first-order valence-corrected chi connectivity index (χ1v) is 9.65. The Hall–Kier alpha value is -0.280. The number of methoxy groups -OCH3 is 3. The van der Waals surface area contributed by atoms with E-state index in [2.05, 4.69) is 12.2 Å². The van der Waals surface area contributed by atoms with Crippen molar-refractivity contribution in [1.82, 2.24) is 5.32 Å². The molecule has 0 saturated carbocycles. The van der Waals surface area contributed by atoms with Gasteiger partial charge < -0.3 is 33.7 Å². The maximum absolute atomic E-state index is 5.72. The van der Waals surface area contributed by atoms with Crippen molar-refractivity contribution in [3.05, 3.63) is 0 Å². The van der Waals surface area contributed by atoms with Gasteiger partial charge in [0.15, 0.2) is 0 Å². The summed E-state index contributed by atoms with van der Waals surface area (Å²) < 4.78 is 32.3. The van der Waals surface area contributed by atoms with Crippen LogP contribution in [-0.4, -0.2) is 93.9 Å². The number of rotatable bonds is 21. The zero-order chi connectivity index (χ0) is 19.3.